The van der Waals surface area contributed by atoms with Crippen LogP contribution < -0.4 is 10.1 Å². The summed E-state index contributed by atoms with van der Waals surface area (Å²) in [6.45, 7) is 3.95. The van der Waals surface area contributed by atoms with E-state index in [1.807, 2.05) is 13.0 Å². The first-order valence-electron chi connectivity index (χ1n) is 11.1. The average Bonchev–Trinajstić information content (AvgIpc) is 3.32. The van der Waals surface area contributed by atoms with Crippen LogP contribution in [-0.2, 0) is 14.8 Å². The largest absolute Gasteiger partial charge is 0.491 e. The van der Waals surface area contributed by atoms with E-state index in [9.17, 15) is 13.2 Å². The van der Waals surface area contributed by atoms with E-state index in [2.05, 4.69) is 5.32 Å². The molecule has 172 valence electrons. The van der Waals surface area contributed by atoms with Crippen LogP contribution in [0.25, 0.3) is 0 Å². The number of benzene rings is 2. The van der Waals surface area contributed by atoms with E-state index in [1.165, 1.54) is 4.31 Å². The number of rotatable bonds is 7. The maximum Gasteiger partial charge on any atom is 0.251 e. The Kier molecular flexibility index (Phi) is 7.13. The fourth-order valence-electron chi connectivity index (χ4n) is 4.06. The third kappa shape index (κ3) is 5.49. The lowest BCUT2D eigenvalue weighted by Crippen LogP contribution is -2.46. The van der Waals surface area contributed by atoms with E-state index in [0.717, 1.165) is 25.0 Å². The molecule has 1 amide bonds. The summed E-state index contributed by atoms with van der Waals surface area (Å²) < 4.78 is 38.6. The summed E-state index contributed by atoms with van der Waals surface area (Å²) in [5.41, 5.74) is 1.55. The second-order valence-corrected chi connectivity index (χ2v) is 10.4. The van der Waals surface area contributed by atoms with Gasteiger partial charge in [-0.3, -0.25) is 4.79 Å². The Morgan fingerprint density at radius 1 is 1.12 bits per heavy atom. The summed E-state index contributed by atoms with van der Waals surface area (Å²) in [6.07, 6.45) is 3.33. The minimum Gasteiger partial charge on any atom is -0.491 e. The summed E-state index contributed by atoms with van der Waals surface area (Å²) >= 11 is 0. The molecule has 1 N–H and O–H groups in total. The van der Waals surface area contributed by atoms with E-state index >= 15 is 0 Å². The SMILES string of the molecule is Cc1ccc(S(=O)(=O)N2CCC(NC(=O)c3cccc(OC[C@@H]4CCCO4)c3)CC2)cc1. The van der Waals surface area contributed by atoms with Gasteiger partial charge in [-0.25, -0.2) is 8.42 Å². The van der Waals surface area contributed by atoms with Crippen LogP contribution in [0.2, 0.25) is 0 Å². The lowest BCUT2D eigenvalue weighted by molar-refractivity contribution is 0.0679. The minimum atomic E-state index is -3.51. The van der Waals surface area contributed by atoms with Crippen LogP contribution in [0, 0.1) is 6.92 Å². The number of aryl methyl sites for hydroxylation is 1. The molecule has 1 atom stereocenters. The molecule has 2 aliphatic rings. The summed E-state index contributed by atoms with van der Waals surface area (Å²) in [4.78, 5) is 13.0. The van der Waals surface area contributed by atoms with E-state index in [4.69, 9.17) is 9.47 Å². The number of sulfonamides is 1. The molecule has 0 radical (unpaired) electrons. The van der Waals surface area contributed by atoms with Crippen LogP contribution >= 0.6 is 0 Å². The summed E-state index contributed by atoms with van der Waals surface area (Å²) in [7, 11) is -3.51. The van der Waals surface area contributed by atoms with Gasteiger partial charge in [-0.2, -0.15) is 4.31 Å². The Labute approximate surface area is 189 Å². The number of nitrogens with one attached hydrogen (secondary N) is 1. The smallest absolute Gasteiger partial charge is 0.251 e. The Bertz CT molecular complexity index is 1020. The number of nitrogens with zero attached hydrogens (tertiary/aromatic N) is 1. The highest BCUT2D eigenvalue weighted by molar-refractivity contribution is 7.89. The lowest BCUT2D eigenvalue weighted by atomic mass is 10.1. The zero-order valence-electron chi connectivity index (χ0n) is 18.3. The second-order valence-electron chi connectivity index (χ2n) is 8.44. The van der Waals surface area contributed by atoms with Gasteiger partial charge in [0.1, 0.15) is 12.4 Å². The molecule has 0 aromatic heterocycles. The molecule has 32 heavy (non-hydrogen) atoms. The van der Waals surface area contributed by atoms with Crippen molar-refractivity contribution in [3.05, 3.63) is 59.7 Å². The van der Waals surface area contributed by atoms with E-state index in [0.29, 0.717) is 48.7 Å². The van der Waals surface area contributed by atoms with Gasteiger partial charge in [-0.1, -0.05) is 23.8 Å². The minimum absolute atomic E-state index is 0.0663. The van der Waals surface area contributed by atoms with Crippen LogP contribution in [0.3, 0.4) is 0 Å². The highest BCUT2D eigenvalue weighted by atomic mass is 32.2. The first-order chi connectivity index (χ1) is 15.4. The maximum absolute atomic E-state index is 12.9. The predicted molar refractivity (Wildman–Crippen MR) is 121 cm³/mol. The Balaban J connectivity index is 1.29. The number of hydrogen-bond donors (Lipinski definition) is 1. The van der Waals surface area contributed by atoms with Crippen molar-refractivity contribution < 1.29 is 22.7 Å². The van der Waals surface area contributed by atoms with Crippen molar-refractivity contribution in [1.82, 2.24) is 9.62 Å². The fraction of sp³-hybridized carbons (Fsp3) is 0.458. The Hall–Kier alpha value is -2.42. The van der Waals surface area contributed by atoms with E-state index in [1.54, 1.807) is 42.5 Å². The van der Waals surface area contributed by atoms with Crippen molar-refractivity contribution in [2.45, 2.75) is 49.6 Å². The molecule has 4 rings (SSSR count). The number of carbonyl (C=O) groups excluding carboxylic acids is 1. The van der Waals surface area contributed by atoms with Gasteiger partial charge in [-0.15, -0.1) is 0 Å². The van der Waals surface area contributed by atoms with Gasteiger partial charge < -0.3 is 14.8 Å². The molecule has 2 fully saturated rings. The van der Waals surface area contributed by atoms with Gasteiger partial charge in [-0.05, 0) is 62.9 Å². The first-order valence-corrected chi connectivity index (χ1v) is 12.6. The molecule has 0 spiro atoms. The number of ether oxygens (including phenoxy) is 2. The summed E-state index contributed by atoms with van der Waals surface area (Å²) in [6, 6.07) is 14.0. The van der Waals surface area contributed by atoms with Crippen LogP contribution in [0.4, 0.5) is 0 Å². The zero-order valence-corrected chi connectivity index (χ0v) is 19.1. The van der Waals surface area contributed by atoms with Crippen molar-refractivity contribution in [2.75, 3.05) is 26.3 Å². The molecule has 2 aliphatic heterocycles. The van der Waals surface area contributed by atoms with Crippen molar-refractivity contribution in [1.29, 1.82) is 0 Å². The van der Waals surface area contributed by atoms with Gasteiger partial charge >= 0.3 is 0 Å². The van der Waals surface area contributed by atoms with Crippen molar-refractivity contribution >= 4 is 15.9 Å². The quantitative estimate of drug-likeness (QED) is 0.689. The molecular formula is C24H30N2O5S. The van der Waals surface area contributed by atoms with Crippen LogP contribution in [0.1, 0.15) is 41.6 Å². The molecule has 0 unspecified atom stereocenters. The van der Waals surface area contributed by atoms with Crippen LogP contribution in [-0.4, -0.2) is 57.1 Å². The second kappa shape index (κ2) is 10.0. The van der Waals surface area contributed by atoms with Gasteiger partial charge in [0.05, 0.1) is 11.0 Å². The topological polar surface area (TPSA) is 84.9 Å². The monoisotopic (exact) mass is 458 g/mol. The molecule has 0 aliphatic carbocycles. The van der Waals surface area contributed by atoms with Gasteiger partial charge in [0.25, 0.3) is 5.91 Å². The first kappa shape index (κ1) is 22.8. The zero-order chi connectivity index (χ0) is 22.6. The number of piperidine rings is 1. The standard InChI is InChI=1S/C24H30N2O5S/c1-18-7-9-23(10-8-18)32(28,29)26-13-11-20(12-14-26)25-24(27)19-4-2-5-21(16-19)31-17-22-6-3-15-30-22/h2,4-5,7-10,16,20,22H,3,6,11-15,17H2,1H3,(H,25,27)/t22-/m0/s1. The molecule has 7 nitrogen and oxygen atoms in total. The van der Waals surface area contributed by atoms with Crippen molar-refractivity contribution in [3.8, 4) is 5.75 Å². The highest BCUT2D eigenvalue weighted by Gasteiger charge is 2.30. The number of amides is 1. The molecule has 2 aromatic carbocycles. The Morgan fingerprint density at radius 2 is 1.88 bits per heavy atom. The molecule has 8 heteroatoms. The predicted octanol–water partition coefficient (Wildman–Crippen LogP) is 3.14. The van der Waals surface area contributed by atoms with E-state index < -0.39 is 10.0 Å². The summed E-state index contributed by atoms with van der Waals surface area (Å²) in [5.74, 6) is 0.472. The third-order valence-corrected chi connectivity index (χ3v) is 7.92. The highest BCUT2D eigenvalue weighted by Crippen LogP contribution is 2.22. The molecule has 0 saturated carbocycles. The third-order valence-electron chi connectivity index (χ3n) is 6.00. The van der Waals surface area contributed by atoms with Gasteiger partial charge in [0.2, 0.25) is 10.0 Å². The van der Waals surface area contributed by atoms with E-state index in [-0.39, 0.29) is 18.1 Å². The van der Waals surface area contributed by atoms with Gasteiger partial charge in [0.15, 0.2) is 0 Å². The molecular weight excluding hydrogens is 428 g/mol. The molecule has 2 saturated heterocycles. The van der Waals surface area contributed by atoms with Gasteiger partial charge in [0, 0.05) is 31.3 Å². The average molecular weight is 459 g/mol. The number of hydrogen-bond acceptors (Lipinski definition) is 5. The summed E-state index contributed by atoms with van der Waals surface area (Å²) in [5, 5.41) is 3.04. The van der Waals surface area contributed by atoms with Crippen LogP contribution in [0.5, 0.6) is 5.75 Å². The van der Waals surface area contributed by atoms with Crippen molar-refractivity contribution in [2.24, 2.45) is 0 Å². The fourth-order valence-corrected chi connectivity index (χ4v) is 5.53. The molecule has 0 bridgehead atoms. The van der Waals surface area contributed by atoms with Crippen LogP contribution in [0.15, 0.2) is 53.4 Å². The number of carbonyl (C=O) groups is 1. The lowest BCUT2D eigenvalue weighted by Gasteiger charge is -2.31. The molecule has 2 aromatic rings. The normalized spacial score (nSPS) is 20.2. The van der Waals surface area contributed by atoms with Crippen molar-refractivity contribution in [3.63, 3.8) is 0 Å². The maximum atomic E-state index is 12.9. The Morgan fingerprint density at radius 3 is 2.56 bits per heavy atom. The molecule has 2 heterocycles.